The normalized spacial score (nSPS) is 12.1. The van der Waals surface area contributed by atoms with Gasteiger partial charge in [-0.3, -0.25) is 9.71 Å². The summed E-state index contributed by atoms with van der Waals surface area (Å²) in [6.07, 6.45) is 6.14. The lowest BCUT2D eigenvalue weighted by atomic mass is 10.2. The number of aryl methyl sites for hydroxylation is 1. The molecule has 0 saturated heterocycles. The van der Waals surface area contributed by atoms with Crippen LogP contribution in [-0.4, -0.2) is 20.4 Å². The van der Waals surface area contributed by atoms with Crippen LogP contribution in [-0.2, 0) is 23.0 Å². The van der Waals surface area contributed by atoms with Crippen LogP contribution in [0.5, 0.6) is 0 Å². The van der Waals surface area contributed by atoms with Crippen LogP contribution in [0.15, 0.2) is 57.9 Å². The Morgan fingerprint density at radius 1 is 1.07 bits per heavy atom. The molecule has 0 radical (unpaired) electrons. The molecule has 160 valence electrons. The quantitative estimate of drug-likeness (QED) is 0.265. The van der Waals surface area contributed by atoms with Crippen molar-refractivity contribution in [2.24, 2.45) is 4.99 Å². The van der Waals surface area contributed by atoms with Crippen molar-refractivity contribution in [2.75, 3.05) is 10.5 Å². The van der Waals surface area contributed by atoms with Crippen LogP contribution in [0.25, 0.3) is 11.1 Å². The first-order chi connectivity index (χ1) is 14.5. The van der Waals surface area contributed by atoms with Crippen molar-refractivity contribution in [1.82, 2.24) is 0 Å². The molecule has 0 atom stereocenters. The van der Waals surface area contributed by atoms with E-state index in [9.17, 15) is 8.42 Å². The maximum Gasteiger partial charge on any atom is 0.353 e. The fourth-order valence-corrected chi connectivity index (χ4v) is 4.56. The van der Waals surface area contributed by atoms with Gasteiger partial charge in [0, 0.05) is 12.3 Å². The standard InChI is InChI=1S/C23H30N3O3S/c1-3-5-6-10-17-30(27,28)25-20-13-14-22-21(18-20)26(4-2)23(29-22)15-16-24-19-11-8-7-9-12-19/h7-9,11-14,16,18,25H,3-6,10,15,17H2,1-2H3/q+1. The number of nitrogens with zero attached hydrogens (tertiary/aromatic N) is 2. The summed E-state index contributed by atoms with van der Waals surface area (Å²) in [6.45, 7) is 4.86. The topological polar surface area (TPSA) is 75.5 Å². The van der Waals surface area contributed by atoms with Gasteiger partial charge in [-0.2, -0.15) is 4.57 Å². The lowest BCUT2D eigenvalue weighted by Crippen LogP contribution is -2.35. The Morgan fingerprint density at radius 2 is 1.87 bits per heavy atom. The van der Waals surface area contributed by atoms with Crippen LogP contribution >= 0.6 is 0 Å². The summed E-state index contributed by atoms with van der Waals surface area (Å²) < 4.78 is 35.5. The van der Waals surface area contributed by atoms with E-state index >= 15 is 0 Å². The molecule has 7 heteroatoms. The summed E-state index contributed by atoms with van der Waals surface area (Å²) in [6, 6.07) is 15.2. The molecule has 3 rings (SSSR count). The molecule has 30 heavy (non-hydrogen) atoms. The number of sulfonamides is 1. The van der Waals surface area contributed by atoms with E-state index in [4.69, 9.17) is 4.42 Å². The van der Waals surface area contributed by atoms with Crippen LogP contribution in [0.4, 0.5) is 11.4 Å². The van der Waals surface area contributed by atoms with Gasteiger partial charge in [-0.1, -0.05) is 44.4 Å². The molecule has 1 aromatic heterocycles. The van der Waals surface area contributed by atoms with E-state index in [2.05, 4.69) is 16.6 Å². The first-order valence-corrected chi connectivity index (χ1v) is 12.2. The van der Waals surface area contributed by atoms with Crippen molar-refractivity contribution in [3.05, 3.63) is 54.4 Å². The fraction of sp³-hybridized carbons (Fsp3) is 0.391. The molecule has 0 spiro atoms. The molecule has 0 bridgehead atoms. The monoisotopic (exact) mass is 428 g/mol. The summed E-state index contributed by atoms with van der Waals surface area (Å²) >= 11 is 0. The predicted molar refractivity (Wildman–Crippen MR) is 122 cm³/mol. The van der Waals surface area contributed by atoms with Crippen molar-refractivity contribution < 1.29 is 17.4 Å². The summed E-state index contributed by atoms with van der Waals surface area (Å²) in [5, 5.41) is 0. The molecule has 2 aromatic carbocycles. The number of rotatable bonds is 11. The van der Waals surface area contributed by atoms with Crippen molar-refractivity contribution in [1.29, 1.82) is 0 Å². The van der Waals surface area contributed by atoms with Crippen LogP contribution < -0.4 is 9.29 Å². The Hall–Kier alpha value is -2.67. The SMILES string of the molecule is CCCCCCS(=O)(=O)Nc1ccc2oc(CC=Nc3ccccc3)[n+](CC)c2c1. The van der Waals surface area contributed by atoms with Gasteiger partial charge in [-0.25, -0.2) is 8.42 Å². The predicted octanol–water partition coefficient (Wildman–Crippen LogP) is 5.01. The minimum absolute atomic E-state index is 0.144. The number of fused-ring (bicyclic) bond motifs is 1. The van der Waals surface area contributed by atoms with E-state index in [1.807, 2.05) is 60.2 Å². The zero-order chi connectivity index (χ0) is 21.4. The Balaban J connectivity index is 1.75. The van der Waals surface area contributed by atoms with E-state index in [1.165, 1.54) is 0 Å². The van der Waals surface area contributed by atoms with E-state index in [0.717, 1.165) is 41.9 Å². The molecule has 0 fully saturated rings. The number of hydrogen-bond acceptors (Lipinski definition) is 4. The van der Waals surface area contributed by atoms with Crippen molar-refractivity contribution in [3.8, 4) is 0 Å². The molecular weight excluding hydrogens is 398 g/mol. The van der Waals surface area contributed by atoms with Crippen LogP contribution in [0.2, 0.25) is 0 Å². The first-order valence-electron chi connectivity index (χ1n) is 10.6. The minimum atomic E-state index is -3.35. The van der Waals surface area contributed by atoms with Gasteiger partial charge in [0.2, 0.25) is 15.6 Å². The molecule has 0 amide bonds. The number of anilines is 1. The third-order valence-electron chi connectivity index (χ3n) is 4.90. The highest BCUT2D eigenvalue weighted by Gasteiger charge is 2.21. The van der Waals surface area contributed by atoms with Gasteiger partial charge in [0.25, 0.3) is 5.52 Å². The third kappa shape index (κ3) is 5.92. The maximum atomic E-state index is 12.4. The fourth-order valence-electron chi connectivity index (χ4n) is 3.39. The van der Waals surface area contributed by atoms with E-state index in [1.54, 1.807) is 6.07 Å². The average Bonchev–Trinajstić information content (AvgIpc) is 3.08. The molecule has 0 aliphatic heterocycles. The number of oxazole rings is 1. The van der Waals surface area contributed by atoms with E-state index in [0.29, 0.717) is 25.1 Å². The Kier molecular flexibility index (Phi) is 7.63. The zero-order valence-corrected chi connectivity index (χ0v) is 18.5. The van der Waals surface area contributed by atoms with Crippen LogP contribution in [0, 0.1) is 0 Å². The highest BCUT2D eigenvalue weighted by Crippen LogP contribution is 2.20. The first kappa shape index (κ1) is 22.0. The molecule has 1 heterocycles. The average molecular weight is 429 g/mol. The minimum Gasteiger partial charge on any atom is -0.401 e. The number of unbranched alkanes of at least 4 members (excludes halogenated alkanes) is 3. The van der Waals surface area contributed by atoms with Gasteiger partial charge >= 0.3 is 5.89 Å². The Labute approximate surface area is 178 Å². The summed E-state index contributed by atoms with van der Waals surface area (Å²) in [5.41, 5.74) is 3.05. The second-order valence-electron chi connectivity index (χ2n) is 7.26. The van der Waals surface area contributed by atoms with Crippen molar-refractivity contribution >= 4 is 38.7 Å². The van der Waals surface area contributed by atoms with Crippen LogP contribution in [0.3, 0.4) is 0 Å². The second kappa shape index (κ2) is 10.4. The number of aromatic nitrogens is 1. The molecule has 0 aliphatic carbocycles. The molecular formula is C23H30N3O3S+. The molecule has 6 nitrogen and oxygen atoms in total. The highest BCUT2D eigenvalue weighted by atomic mass is 32.2. The Bertz CT molecular complexity index is 1090. The molecule has 0 aliphatic rings. The Morgan fingerprint density at radius 3 is 2.60 bits per heavy atom. The van der Waals surface area contributed by atoms with Gasteiger partial charge in [0.05, 0.1) is 17.1 Å². The number of hydrogen-bond donors (Lipinski definition) is 1. The second-order valence-corrected chi connectivity index (χ2v) is 9.10. The van der Waals surface area contributed by atoms with Crippen molar-refractivity contribution in [3.63, 3.8) is 0 Å². The number of nitrogens with one attached hydrogen (secondary N) is 1. The maximum absolute atomic E-state index is 12.4. The van der Waals surface area contributed by atoms with Crippen LogP contribution in [0.1, 0.15) is 45.4 Å². The zero-order valence-electron chi connectivity index (χ0n) is 17.7. The van der Waals surface area contributed by atoms with Gasteiger partial charge in [0.1, 0.15) is 13.0 Å². The van der Waals surface area contributed by atoms with E-state index < -0.39 is 10.0 Å². The highest BCUT2D eigenvalue weighted by molar-refractivity contribution is 7.92. The summed E-state index contributed by atoms with van der Waals surface area (Å²) in [7, 11) is -3.35. The molecule has 3 aromatic rings. The number of aliphatic imine (C=N–C) groups is 1. The summed E-state index contributed by atoms with van der Waals surface area (Å²) in [5.74, 6) is 0.928. The van der Waals surface area contributed by atoms with E-state index in [-0.39, 0.29) is 5.75 Å². The molecule has 0 unspecified atom stereocenters. The smallest absolute Gasteiger partial charge is 0.353 e. The molecule has 0 saturated carbocycles. The molecule has 1 N–H and O–H groups in total. The number of para-hydroxylation sites is 1. The van der Waals surface area contributed by atoms with Gasteiger partial charge in [-0.05, 0) is 37.6 Å². The van der Waals surface area contributed by atoms with Crippen molar-refractivity contribution in [2.45, 2.75) is 52.5 Å². The number of benzene rings is 2. The van der Waals surface area contributed by atoms with Gasteiger partial charge in [-0.15, -0.1) is 0 Å². The van der Waals surface area contributed by atoms with Gasteiger partial charge < -0.3 is 4.42 Å². The largest absolute Gasteiger partial charge is 0.401 e. The third-order valence-corrected chi connectivity index (χ3v) is 6.27. The lowest BCUT2D eigenvalue weighted by molar-refractivity contribution is -0.679. The lowest BCUT2D eigenvalue weighted by Gasteiger charge is -2.07. The van der Waals surface area contributed by atoms with Gasteiger partial charge in [0.15, 0.2) is 0 Å². The summed E-state index contributed by atoms with van der Waals surface area (Å²) in [4.78, 5) is 4.46.